The predicted molar refractivity (Wildman–Crippen MR) is 59.1 cm³/mol. The largest absolute Gasteiger partial charge is 0.392 e. The van der Waals surface area contributed by atoms with Crippen LogP contribution in [-0.4, -0.2) is 17.8 Å². The molecule has 1 rings (SSSR count). The summed E-state index contributed by atoms with van der Waals surface area (Å²) in [4.78, 5) is 0. The van der Waals surface area contributed by atoms with Crippen LogP contribution in [0.4, 0.5) is 8.78 Å². The maximum atomic E-state index is 13.5. The maximum absolute atomic E-state index is 13.5. The fourth-order valence-electron chi connectivity index (χ4n) is 1.57. The molecule has 0 saturated heterocycles. The number of nitrogens with one attached hydrogen (secondary N) is 1. The Morgan fingerprint density at radius 2 is 2.06 bits per heavy atom. The maximum Gasteiger partial charge on any atom is 0.128 e. The lowest BCUT2D eigenvalue weighted by atomic mass is 10.0. The van der Waals surface area contributed by atoms with Gasteiger partial charge in [-0.3, -0.25) is 0 Å². The number of rotatable bonds is 5. The van der Waals surface area contributed by atoms with Crippen molar-refractivity contribution in [2.45, 2.75) is 32.4 Å². The van der Waals surface area contributed by atoms with Gasteiger partial charge < -0.3 is 10.4 Å². The van der Waals surface area contributed by atoms with Gasteiger partial charge >= 0.3 is 0 Å². The van der Waals surface area contributed by atoms with Gasteiger partial charge in [-0.15, -0.1) is 0 Å². The molecule has 90 valence electrons. The van der Waals surface area contributed by atoms with Crippen LogP contribution in [0.5, 0.6) is 0 Å². The third-order valence-corrected chi connectivity index (χ3v) is 2.40. The van der Waals surface area contributed by atoms with E-state index in [1.54, 1.807) is 6.92 Å². The summed E-state index contributed by atoms with van der Waals surface area (Å²) in [5.41, 5.74) is 0.308. The third kappa shape index (κ3) is 3.54. The van der Waals surface area contributed by atoms with Crippen LogP contribution in [0.3, 0.4) is 0 Å². The molecule has 0 radical (unpaired) electrons. The summed E-state index contributed by atoms with van der Waals surface area (Å²) >= 11 is 0. The van der Waals surface area contributed by atoms with Crippen LogP contribution >= 0.6 is 0 Å². The summed E-state index contributed by atoms with van der Waals surface area (Å²) in [5.74, 6) is -0.875. The molecule has 0 heterocycles. The molecular weight excluding hydrogens is 212 g/mol. The molecule has 0 aromatic heterocycles. The summed E-state index contributed by atoms with van der Waals surface area (Å²) in [6.07, 6.45) is 0.123. The fraction of sp³-hybridized carbons (Fsp3) is 0.500. The van der Waals surface area contributed by atoms with E-state index in [9.17, 15) is 8.78 Å². The quantitative estimate of drug-likeness (QED) is 0.812. The van der Waals surface area contributed by atoms with Crippen molar-refractivity contribution in [1.82, 2.24) is 5.32 Å². The average molecular weight is 229 g/mol. The molecule has 1 aromatic rings. The van der Waals surface area contributed by atoms with Crippen molar-refractivity contribution in [1.29, 1.82) is 0 Å². The Morgan fingerprint density at radius 1 is 1.38 bits per heavy atom. The van der Waals surface area contributed by atoms with Gasteiger partial charge in [0.25, 0.3) is 0 Å². The predicted octanol–water partition coefficient (Wildman–Crippen LogP) is 2.39. The summed E-state index contributed by atoms with van der Waals surface area (Å²) in [5, 5.41) is 12.1. The van der Waals surface area contributed by atoms with E-state index in [1.807, 2.05) is 6.92 Å². The second-order valence-corrected chi connectivity index (χ2v) is 3.88. The zero-order valence-corrected chi connectivity index (χ0v) is 9.50. The number of benzene rings is 1. The van der Waals surface area contributed by atoms with Crippen LogP contribution in [0, 0.1) is 11.6 Å². The van der Waals surface area contributed by atoms with Gasteiger partial charge in [-0.1, -0.05) is 6.92 Å². The standard InChI is InChI=1S/C12H17F2NO/c1-3-12(15-7-8(2)16)10-6-9(13)4-5-11(10)14/h4-6,8,12,15-16H,3,7H2,1-2H3. The molecule has 0 fully saturated rings. The van der Waals surface area contributed by atoms with Crippen LogP contribution in [0.1, 0.15) is 31.9 Å². The molecule has 2 atom stereocenters. The molecule has 2 N–H and O–H groups in total. The van der Waals surface area contributed by atoms with E-state index in [-0.39, 0.29) is 6.04 Å². The van der Waals surface area contributed by atoms with Gasteiger partial charge in [0, 0.05) is 18.2 Å². The fourth-order valence-corrected chi connectivity index (χ4v) is 1.57. The van der Waals surface area contributed by atoms with E-state index in [0.29, 0.717) is 18.5 Å². The van der Waals surface area contributed by atoms with Crippen LogP contribution in [0.25, 0.3) is 0 Å². The minimum absolute atomic E-state index is 0.273. The Kier molecular flexibility index (Phi) is 4.83. The molecule has 0 amide bonds. The first-order valence-electron chi connectivity index (χ1n) is 5.41. The van der Waals surface area contributed by atoms with Crippen molar-refractivity contribution < 1.29 is 13.9 Å². The SMILES string of the molecule is CCC(NCC(C)O)c1cc(F)ccc1F. The van der Waals surface area contributed by atoms with Gasteiger partial charge in [0.15, 0.2) is 0 Å². The lowest BCUT2D eigenvalue weighted by molar-refractivity contribution is 0.185. The normalized spacial score (nSPS) is 14.8. The number of aliphatic hydroxyl groups excluding tert-OH is 1. The lowest BCUT2D eigenvalue weighted by Crippen LogP contribution is -2.29. The number of aliphatic hydroxyl groups is 1. The van der Waals surface area contributed by atoms with Crippen molar-refractivity contribution in [3.63, 3.8) is 0 Å². The molecule has 0 aliphatic rings. The highest BCUT2D eigenvalue weighted by atomic mass is 19.1. The van der Waals surface area contributed by atoms with E-state index < -0.39 is 17.7 Å². The van der Waals surface area contributed by atoms with Gasteiger partial charge in [0.05, 0.1) is 6.10 Å². The van der Waals surface area contributed by atoms with Gasteiger partial charge in [-0.25, -0.2) is 8.78 Å². The number of halogens is 2. The molecule has 2 nitrogen and oxygen atoms in total. The van der Waals surface area contributed by atoms with E-state index in [4.69, 9.17) is 5.11 Å². The Balaban J connectivity index is 2.81. The highest BCUT2D eigenvalue weighted by Gasteiger charge is 2.14. The molecule has 2 unspecified atom stereocenters. The van der Waals surface area contributed by atoms with E-state index in [0.717, 1.165) is 12.1 Å². The molecule has 0 saturated carbocycles. The highest BCUT2D eigenvalue weighted by molar-refractivity contribution is 5.22. The smallest absolute Gasteiger partial charge is 0.128 e. The van der Waals surface area contributed by atoms with Gasteiger partial charge in [0.2, 0.25) is 0 Å². The van der Waals surface area contributed by atoms with Crippen molar-refractivity contribution in [2.24, 2.45) is 0 Å². The Labute approximate surface area is 94.3 Å². The first kappa shape index (κ1) is 13.1. The minimum atomic E-state index is -0.509. The molecule has 16 heavy (non-hydrogen) atoms. The molecule has 1 aromatic carbocycles. The van der Waals surface area contributed by atoms with Crippen LogP contribution in [0.15, 0.2) is 18.2 Å². The third-order valence-electron chi connectivity index (χ3n) is 2.40. The highest BCUT2D eigenvalue weighted by Crippen LogP contribution is 2.20. The van der Waals surface area contributed by atoms with Crippen LogP contribution in [-0.2, 0) is 0 Å². The van der Waals surface area contributed by atoms with Crippen molar-refractivity contribution >= 4 is 0 Å². The number of hydrogen-bond donors (Lipinski definition) is 2. The molecule has 0 aliphatic heterocycles. The first-order chi connectivity index (χ1) is 7.54. The van der Waals surface area contributed by atoms with Crippen molar-refractivity contribution in [3.05, 3.63) is 35.4 Å². The Morgan fingerprint density at radius 3 is 2.62 bits per heavy atom. The Hall–Kier alpha value is -1.00. The van der Waals surface area contributed by atoms with Gasteiger partial charge in [0.1, 0.15) is 11.6 Å². The second kappa shape index (κ2) is 5.92. The molecule has 4 heteroatoms. The van der Waals surface area contributed by atoms with E-state index in [1.165, 1.54) is 6.07 Å². The summed E-state index contributed by atoms with van der Waals surface area (Å²) in [6.45, 7) is 3.88. The van der Waals surface area contributed by atoms with E-state index >= 15 is 0 Å². The van der Waals surface area contributed by atoms with Crippen LogP contribution < -0.4 is 5.32 Å². The second-order valence-electron chi connectivity index (χ2n) is 3.88. The summed E-state index contributed by atoms with van der Waals surface area (Å²) in [7, 11) is 0. The zero-order chi connectivity index (χ0) is 12.1. The molecule has 0 aliphatic carbocycles. The van der Waals surface area contributed by atoms with Gasteiger partial charge in [-0.05, 0) is 31.5 Å². The lowest BCUT2D eigenvalue weighted by Gasteiger charge is -2.19. The minimum Gasteiger partial charge on any atom is -0.392 e. The Bertz CT molecular complexity index is 342. The topological polar surface area (TPSA) is 32.3 Å². The van der Waals surface area contributed by atoms with Crippen molar-refractivity contribution in [3.8, 4) is 0 Å². The van der Waals surface area contributed by atoms with Gasteiger partial charge in [-0.2, -0.15) is 0 Å². The summed E-state index contributed by atoms with van der Waals surface area (Å²) in [6, 6.07) is 3.14. The monoisotopic (exact) mass is 229 g/mol. The van der Waals surface area contributed by atoms with Crippen molar-refractivity contribution in [2.75, 3.05) is 6.54 Å². The molecule has 0 bridgehead atoms. The molecular formula is C12H17F2NO. The number of hydrogen-bond acceptors (Lipinski definition) is 2. The summed E-state index contributed by atoms with van der Waals surface area (Å²) < 4.78 is 26.5. The zero-order valence-electron chi connectivity index (χ0n) is 9.50. The van der Waals surface area contributed by atoms with Crippen LogP contribution in [0.2, 0.25) is 0 Å². The first-order valence-corrected chi connectivity index (χ1v) is 5.41. The molecule has 0 spiro atoms. The average Bonchev–Trinajstić information content (AvgIpc) is 2.23. The van der Waals surface area contributed by atoms with E-state index in [2.05, 4.69) is 5.32 Å².